The van der Waals surface area contributed by atoms with E-state index in [1.54, 1.807) is 35.2 Å². The lowest BCUT2D eigenvalue weighted by Crippen LogP contribution is -2.51. The summed E-state index contributed by atoms with van der Waals surface area (Å²) in [6, 6.07) is 17.4. The first-order valence-corrected chi connectivity index (χ1v) is 9.17. The average molecular weight is 345 g/mol. The van der Waals surface area contributed by atoms with Crippen LogP contribution in [0.15, 0.2) is 65.6 Å². The molecular weight excluding hydrogens is 326 g/mol. The van der Waals surface area contributed by atoms with Gasteiger partial charge in [-0.05, 0) is 24.3 Å². The number of nitrogens with zero attached hydrogens (tertiary/aromatic N) is 2. The SMILES string of the molecule is O=C(Nc1ccccc1)N1CCN(S(=O)(=O)c2ccccc2)CC1. The van der Waals surface area contributed by atoms with Crippen molar-refractivity contribution in [1.29, 1.82) is 0 Å². The molecule has 0 radical (unpaired) electrons. The summed E-state index contributed by atoms with van der Waals surface area (Å²) in [7, 11) is -3.50. The van der Waals surface area contributed by atoms with E-state index < -0.39 is 10.0 Å². The summed E-state index contributed by atoms with van der Waals surface area (Å²) in [4.78, 5) is 14.2. The first kappa shape index (κ1) is 16.5. The number of urea groups is 1. The van der Waals surface area contributed by atoms with Crippen molar-refractivity contribution < 1.29 is 13.2 Å². The Morgan fingerprint density at radius 2 is 1.38 bits per heavy atom. The minimum atomic E-state index is -3.50. The molecule has 0 unspecified atom stereocenters. The number of amides is 2. The highest BCUT2D eigenvalue weighted by molar-refractivity contribution is 7.89. The van der Waals surface area contributed by atoms with Crippen LogP contribution in [0.1, 0.15) is 0 Å². The van der Waals surface area contributed by atoms with E-state index in [0.717, 1.165) is 5.69 Å². The van der Waals surface area contributed by atoms with Crippen molar-refractivity contribution in [3.63, 3.8) is 0 Å². The normalized spacial score (nSPS) is 15.9. The van der Waals surface area contributed by atoms with Crippen molar-refractivity contribution in [2.75, 3.05) is 31.5 Å². The molecule has 6 nitrogen and oxygen atoms in total. The van der Waals surface area contributed by atoms with Gasteiger partial charge in [-0.25, -0.2) is 13.2 Å². The summed E-state index contributed by atoms with van der Waals surface area (Å²) in [6.45, 7) is 1.31. The van der Waals surface area contributed by atoms with Gasteiger partial charge in [-0.3, -0.25) is 0 Å². The van der Waals surface area contributed by atoms with E-state index >= 15 is 0 Å². The third-order valence-corrected chi connectivity index (χ3v) is 5.84. The highest BCUT2D eigenvalue weighted by atomic mass is 32.2. The van der Waals surface area contributed by atoms with Crippen molar-refractivity contribution in [3.8, 4) is 0 Å². The molecule has 1 aliphatic heterocycles. The molecule has 0 aromatic heterocycles. The van der Waals surface area contributed by atoms with Gasteiger partial charge in [-0.2, -0.15) is 4.31 Å². The zero-order chi connectivity index (χ0) is 17.0. The van der Waals surface area contributed by atoms with Crippen LogP contribution in [0.25, 0.3) is 0 Å². The molecule has 2 aromatic carbocycles. The van der Waals surface area contributed by atoms with Crippen LogP contribution in [0.5, 0.6) is 0 Å². The number of hydrogen-bond donors (Lipinski definition) is 1. The third kappa shape index (κ3) is 3.58. The Labute approximate surface area is 141 Å². The highest BCUT2D eigenvalue weighted by Gasteiger charge is 2.29. The van der Waals surface area contributed by atoms with Crippen LogP contribution in [0.3, 0.4) is 0 Å². The van der Waals surface area contributed by atoms with Gasteiger partial charge in [0.2, 0.25) is 10.0 Å². The largest absolute Gasteiger partial charge is 0.322 e. The van der Waals surface area contributed by atoms with E-state index in [2.05, 4.69) is 5.32 Å². The summed E-state index contributed by atoms with van der Waals surface area (Å²) in [5.41, 5.74) is 0.724. The average Bonchev–Trinajstić information content (AvgIpc) is 2.63. The number of rotatable bonds is 3. The van der Waals surface area contributed by atoms with Gasteiger partial charge in [0.25, 0.3) is 0 Å². The molecule has 1 N–H and O–H groups in total. The molecule has 0 spiro atoms. The van der Waals surface area contributed by atoms with E-state index in [9.17, 15) is 13.2 Å². The number of benzene rings is 2. The molecule has 0 bridgehead atoms. The first-order valence-electron chi connectivity index (χ1n) is 7.73. The minimum absolute atomic E-state index is 0.210. The lowest BCUT2D eigenvalue weighted by Gasteiger charge is -2.34. The zero-order valence-corrected chi connectivity index (χ0v) is 13.9. The maximum absolute atomic E-state index is 12.6. The molecule has 0 aliphatic carbocycles. The topological polar surface area (TPSA) is 69.7 Å². The first-order chi connectivity index (χ1) is 11.6. The number of anilines is 1. The van der Waals surface area contributed by atoms with Crippen LogP contribution in [-0.4, -0.2) is 49.8 Å². The van der Waals surface area contributed by atoms with Gasteiger partial charge in [0.15, 0.2) is 0 Å². The lowest BCUT2D eigenvalue weighted by atomic mass is 10.3. The molecule has 1 fully saturated rings. The monoisotopic (exact) mass is 345 g/mol. The van der Waals surface area contributed by atoms with Crippen LogP contribution >= 0.6 is 0 Å². The summed E-state index contributed by atoms with van der Waals surface area (Å²) in [6.07, 6.45) is 0. The molecule has 2 aromatic rings. The van der Waals surface area contributed by atoms with E-state index in [-0.39, 0.29) is 10.9 Å². The number of sulfonamides is 1. The maximum Gasteiger partial charge on any atom is 0.321 e. The molecule has 7 heteroatoms. The quantitative estimate of drug-likeness (QED) is 0.927. The Morgan fingerprint density at radius 3 is 1.96 bits per heavy atom. The Bertz CT molecular complexity index is 786. The smallest absolute Gasteiger partial charge is 0.321 e. The Morgan fingerprint density at radius 1 is 0.833 bits per heavy atom. The predicted octanol–water partition coefficient (Wildman–Crippen LogP) is 2.23. The van der Waals surface area contributed by atoms with E-state index in [1.165, 1.54) is 4.31 Å². The Kier molecular flexibility index (Phi) is 4.82. The number of carbonyl (C=O) groups is 1. The number of piperazine rings is 1. The van der Waals surface area contributed by atoms with Crippen molar-refractivity contribution in [3.05, 3.63) is 60.7 Å². The summed E-state index contributed by atoms with van der Waals surface area (Å²) in [5.74, 6) is 0. The fourth-order valence-corrected chi connectivity index (χ4v) is 4.04. The standard InChI is InChI=1S/C17H19N3O3S/c21-17(18-15-7-3-1-4-8-15)19-11-13-20(14-12-19)24(22,23)16-9-5-2-6-10-16/h1-10H,11-14H2,(H,18,21). The predicted molar refractivity (Wildman–Crippen MR) is 92.2 cm³/mol. The van der Waals surface area contributed by atoms with Gasteiger partial charge in [0.1, 0.15) is 0 Å². The van der Waals surface area contributed by atoms with Gasteiger partial charge in [0, 0.05) is 31.9 Å². The van der Waals surface area contributed by atoms with Gasteiger partial charge >= 0.3 is 6.03 Å². The minimum Gasteiger partial charge on any atom is -0.322 e. The van der Waals surface area contributed by atoms with E-state index in [0.29, 0.717) is 26.2 Å². The molecule has 0 saturated carbocycles. The fourth-order valence-electron chi connectivity index (χ4n) is 2.60. The van der Waals surface area contributed by atoms with Gasteiger partial charge in [-0.1, -0.05) is 36.4 Å². The van der Waals surface area contributed by atoms with Crippen LogP contribution in [0, 0.1) is 0 Å². The van der Waals surface area contributed by atoms with Crippen LogP contribution in [0.4, 0.5) is 10.5 Å². The van der Waals surface area contributed by atoms with Gasteiger partial charge < -0.3 is 10.2 Å². The molecule has 1 saturated heterocycles. The number of para-hydroxylation sites is 1. The van der Waals surface area contributed by atoms with Crippen LogP contribution in [0.2, 0.25) is 0 Å². The fraction of sp³-hybridized carbons (Fsp3) is 0.235. The van der Waals surface area contributed by atoms with Crippen molar-refractivity contribution in [2.24, 2.45) is 0 Å². The van der Waals surface area contributed by atoms with Gasteiger partial charge in [-0.15, -0.1) is 0 Å². The van der Waals surface area contributed by atoms with Gasteiger partial charge in [0.05, 0.1) is 4.90 Å². The third-order valence-electron chi connectivity index (χ3n) is 3.93. The van der Waals surface area contributed by atoms with E-state index in [1.807, 2.05) is 30.3 Å². The second kappa shape index (κ2) is 7.02. The second-order valence-corrected chi connectivity index (χ2v) is 7.44. The lowest BCUT2D eigenvalue weighted by molar-refractivity contribution is 0.184. The highest BCUT2D eigenvalue weighted by Crippen LogP contribution is 2.17. The van der Waals surface area contributed by atoms with Crippen molar-refractivity contribution in [1.82, 2.24) is 9.21 Å². The van der Waals surface area contributed by atoms with E-state index in [4.69, 9.17) is 0 Å². The molecule has 126 valence electrons. The summed E-state index contributed by atoms with van der Waals surface area (Å²) in [5, 5.41) is 2.82. The Hall–Kier alpha value is -2.38. The zero-order valence-electron chi connectivity index (χ0n) is 13.1. The van der Waals surface area contributed by atoms with Crippen LogP contribution in [-0.2, 0) is 10.0 Å². The number of carbonyl (C=O) groups excluding carboxylic acids is 1. The Balaban J connectivity index is 1.61. The van der Waals surface area contributed by atoms with Crippen molar-refractivity contribution in [2.45, 2.75) is 4.90 Å². The maximum atomic E-state index is 12.6. The molecule has 3 rings (SSSR count). The molecule has 1 aliphatic rings. The molecule has 2 amide bonds. The second-order valence-electron chi connectivity index (χ2n) is 5.50. The molecule has 24 heavy (non-hydrogen) atoms. The summed E-state index contributed by atoms with van der Waals surface area (Å²) < 4.78 is 26.5. The number of hydrogen-bond acceptors (Lipinski definition) is 3. The molecule has 1 heterocycles. The molecular formula is C17H19N3O3S. The van der Waals surface area contributed by atoms with Crippen LogP contribution < -0.4 is 5.32 Å². The molecule has 0 atom stereocenters. The summed E-state index contributed by atoms with van der Waals surface area (Å²) >= 11 is 0. The number of nitrogens with one attached hydrogen (secondary N) is 1. The van der Waals surface area contributed by atoms with Crippen molar-refractivity contribution >= 4 is 21.7 Å².